The second kappa shape index (κ2) is 4.17. The highest BCUT2D eigenvalue weighted by Gasteiger charge is 2.21. The molecule has 3 heterocycles. The van der Waals surface area contributed by atoms with Crippen LogP contribution in [0.25, 0.3) is 11.0 Å². The Morgan fingerprint density at radius 1 is 1.11 bits per heavy atom. The number of imidazole rings is 1. The fourth-order valence-electron chi connectivity index (χ4n) is 2.69. The predicted molar refractivity (Wildman–Crippen MR) is 73.6 cm³/mol. The minimum Gasteiger partial charge on any atom is -0.339 e. The van der Waals surface area contributed by atoms with E-state index in [1.807, 2.05) is 12.3 Å². The molecule has 0 fully saturated rings. The van der Waals surface area contributed by atoms with Crippen LogP contribution >= 0.6 is 0 Å². The van der Waals surface area contributed by atoms with E-state index in [0.717, 1.165) is 29.8 Å². The number of aromatic nitrogens is 3. The van der Waals surface area contributed by atoms with E-state index in [0.29, 0.717) is 0 Å². The van der Waals surface area contributed by atoms with Gasteiger partial charge in [-0.05, 0) is 23.6 Å². The number of benzene rings is 1. The lowest BCUT2D eigenvalue weighted by molar-refractivity contribution is 0.481. The van der Waals surface area contributed by atoms with Crippen molar-refractivity contribution in [3.63, 3.8) is 0 Å². The number of nitrogens with zero attached hydrogens (tertiary/aromatic N) is 2. The van der Waals surface area contributed by atoms with E-state index in [1.54, 1.807) is 6.20 Å². The van der Waals surface area contributed by atoms with E-state index in [-0.39, 0.29) is 6.04 Å². The topological polar surface area (TPSA) is 53.6 Å². The molecule has 0 bridgehead atoms. The molecule has 0 radical (unpaired) electrons. The number of pyridine rings is 1. The maximum absolute atomic E-state index is 4.65. The summed E-state index contributed by atoms with van der Waals surface area (Å²) in [5.41, 5.74) is 4.77. The summed E-state index contributed by atoms with van der Waals surface area (Å²) in [6.45, 7) is 0.899. The lowest BCUT2D eigenvalue weighted by Gasteiger charge is -2.24. The molecule has 0 saturated heterocycles. The quantitative estimate of drug-likeness (QED) is 0.697. The first kappa shape index (κ1) is 10.7. The van der Waals surface area contributed by atoms with Gasteiger partial charge < -0.3 is 10.3 Å². The molecule has 4 heteroatoms. The highest BCUT2D eigenvalue weighted by atomic mass is 15.0. The predicted octanol–water partition coefficient (Wildman–Crippen LogP) is 2.34. The van der Waals surface area contributed by atoms with Crippen LogP contribution in [0.4, 0.5) is 0 Å². The summed E-state index contributed by atoms with van der Waals surface area (Å²) in [6.07, 6.45) is 4.57. The number of rotatable bonds is 1. The van der Waals surface area contributed by atoms with Crippen molar-refractivity contribution in [3.05, 3.63) is 59.7 Å². The van der Waals surface area contributed by atoms with Crippen LogP contribution in [0, 0.1) is 0 Å². The van der Waals surface area contributed by atoms with Gasteiger partial charge in [0.15, 0.2) is 0 Å². The SMILES string of the molecule is c1ccc2c(c1)CNC(c1nc3ccncc3[nH]1)C2. The molecule has 0 saturated carbocycles. The fraction of sp³-hybridized carbons (Fsp3) is 0.200. The Morgan fingerprint density at radius 2 is 2.00 bits per heavy atom. The summed E-state index contributed by atoms with van der Waals surface area (Å²) in [7, 11) is 0. The molecular weight excluding hydrogens is 236 g/mol. The maximum atomic E-state index is 4.65. The van der Waals surface area contributed by atoms with E-state index < -0.39 is 0 Å². The zero-order chi connectivity index (χ0) is 12.7. The van der Waals surface area contributed by atoms with Gasteiger partial charge in [-0.25, -0.2) is 4.98 Å². The molecule has 3 aromatic rings. The van der Waals surface area contributed by atoms with Gasteiger partial charge in [0.1, 0.15) is 5.82 Å². The molecule has 4 nitrogen and oxygen atoms in total. The third-order valence-corrected chi connectivity index (χ3v) is 3.71. The molecule has 4 rings (SSSR count). The van der Waals surface area contributed by atoms with Gasteiger partial charge in [0.05, 0.1) is 23.3 Å². The molecule has 1 atom stereocenters. The van der Waals surface area contributed by atoms with E-state index in [4.69, 9.17) is 0 Å². The summed E-state index contributed by atoms with van der Waals surface area (Å²) in [5, 5.41) is 3.54. The van der Waals surface area contributed by atoms with Crippen LogP contribution in [-0.2, 0) is 13.0 Å². The maximum Gasteiger partial charge on any atom is 0.124 e. The smallest absolute Gasteiger partial charge is 0.124 e. The molecule has 1 unspecified atom stereocenters. The van der Waals surface area contributed by atoms with Gasteiger partial charge in [-0.1, -0.05) is 24.3 Å². The van der Waals surface area contributed by atoms with Crippen molar-refractivity contribution >= 4 is 11.0 Å². The van der Waals surface area contributed by atoms with Gasteiger partial charge in [-0.3, -0.25) is 4.98 Å². The summed E-state index contributed by atoms with van der Waals surface area (Å²) in [4.78, 5) is 12.1. The van der Waals surface area contributed by atoms with Crippen molar-refractivity contribution in [2.45, 2.75) is 19.0 Å². The van der Waals surface area contributed by atoms with E-state index in [9.17, 15) is 0 Å². The molecule has 1 aromatic carbocycles. The third kappa shape index (κ3) is 1.81. The van der Waals surface area contributed by atoms with Gasteiger partial charge in [0.2, 0.25) is 0 Å². The molecular formula is C15H14N4. The second-order valence-electron chi connectivity index (χ2n) is 4.92. The molecule has 0 amide bonds. The van der Waals surface area contributed by atoms with Crippen LogP contribution < -0.4 is 5.32 Å². The van der Waals surface area contributed by atoms with Gasteiger partial charge in [-0.15, -0.1) is 0 Å². The third-order valence-electron chi connectivity index (χ3n) is 3.71. The van der Waals surface area contributed by atoms with Gasteiger partial charge >= 0.3 is 0 Å². The molecule has 2 N–H and O–H groups in total. The van der Waals surface area contributed by atoms with Crippen LogP contribution in [0.1, 0.15) is 23.0 Å². The van der Waals surface area contributed by atoms with Crippen LogP contribution in [0.15, 0.2) is 42.7 Å². The molecule has 0 aliphatic carbocycles. The number of hydrogen-bond acceptors (Lipinski definition) is 3. The minimum atomic E-state index is 0.252. The fourth-order valence-corrected chi connectivity index (χ4v) is 2.69. The van der Waals surface area contributed by atoms with E-state index in [1.165, 1.54) is 11.1 Å². The monoisotopic (exact) mass is 250 g/mol. The number of nitrogens with one attached hydrogen (secondary N) is 2. The lowest BCUT2D eigenvalue weighted by Crippen LogP contribution is -2.29. The molecule has 94 valence electrons. The summed E-state index contributed by atoms with van der Waals surface area (Å²) in [5.74, 6) is 0.998. The highest BCUT2D eigenvalue weighted by Crippen LogP contribution is 2.25. The van der Waals surface area contributed by atoms with Crippen molar-refractivity contribution in [2.75, 3.05) is 0 Å². The van der Waals surface area contributed by atoms with E-state index in [2.05, 4.69) is 44.5 Å². The van der Waals surface area contributed by atoms with Gasteiger partial charge in [0.25, 0.3) is 0 Å². The Labute approximate surface area is 110 Å². The molecule has 19 heavy (non-hydrogen) atoms. The zero-order valence-electron chi connectivity index (χ0n) is 10.4. The van der Waals surface area contributed by atoms with Crippen molar-refractivity contribution < 1.29 is 0 Å². The Hall–Kier alpha value is -2.20. The van der Waals surface area contributed by atoms with Crippen LogP contribution in [0.5, 0.6) is 0 Å². The first-order chi connectivity index (χ1) is 9.40. The Balaban J connectivity index is 1.70. The van der Waals surface area contributed by atoms with Crippen LogP contribution in [-0.4, -0.2) is 15.0 Å². The minimum absolute atomic E-state index is 0.252. The van der Waals surface area contributed by atoms with Crippen LogP contribution in [0.3, 0.4) is 0 Å². The standard InChI is InChI=1S/C15H14N4/c1-2-4-11-8-17-13(7-10(11)3-1)15-18-12-5-6-16-9-14(12)19-15/h1-6,9,13,17H,7-8H2,(H,18,19). The van der Waals surface area contributed by atoms with E-state index >= 15 is 0 Å². The largest absolute Gasteiger partial charge is 0.339 e. The number of fused-ring (bicyclic) bond motifs is 2. The number of aromatic amines is 1. The van der Waals surface area contributed by atoms with Crippen molar-refractivity contribution in [1.29, 1.82) is 0 Å². The highest BCUT2D eigenvalue weighted by molar-refractivity contribution is 5.73. The normalized spacial score (nSPS) is 18.4. The van der Waals surface area contributed by atoms with Crippen molar-refractivity contribution in [2.24, 2.45) is 0 Å². The van der Waals surface area contributed by atoms with Crippen LogP contribution in [0.2, 0.25) is 0 Å². The number of hydrogen-bond donors (Lipinski definition) is 2. The molecule has 0 spiro atoms. The lowest BCUT2D eigenvalue weighted by atomic mass is 9.96. The summed E-state index contributed by atoms with van der Waals surface area (Å²) in [6, 6.07) is 10.8. The first-order valence-electron chi connectivity index (χ1n) is 6.50. The van der Waals surface area contributed by atoms with Crippen molar-refractivity contribution in [1.82, 2.24) is 20.3 Å². The Kier molecular flexibility index (Phi) is 2.35. The Bertz CT molecular complexity index is 699. The van der Waals surface area contributed by atoms with Gasteiger partial charge in [0, 0.05) is 12.7 Å². The molecule has 1 aliphatic rings. The van der Waals surface area contributed by atoms with Gasteiger partial charge in [-0.2, -0.15) is 0 Å². The zero-order valence-corrected chi connectivity index (χ0v) is 10.4. The summed E-state index contributed by atoms with van der Waals surface area (Å²) < 4.78 is 0. The second-order valence-corrected chi connectivity index (χ2v) is 4.92. The van der Waals surface area contributed by atoms with Crippen molar-refractivity contribution in [3.8, 4) is 0 Å². The number of H-pyrrole nitrogens is 1. The average molecular weight is 250 g/mol. The molecule has 2 aromatic heterocycles. The molecule has 1 aliphatic heterocycles. The first-order valence-corrected chi connectivity index (χ1v) is 6.50. The average Bonchev–Trinajstić information content (AvgIpc) is 2.90. The Morgan fingerprint density at radius 3 is 2.89 bits per heavy atom. The summed E-state index contributed by atoms with van der Waals surface area (Å²) >= 11 is 0.